The molecule has 2 rings (SSSR count). The third-order valence-corrected chi connectivity index (χ3v) is 3.67. The van der Waals surface area contributed by atoms with E-state index in [-0.39, 0.29) is 16.8 Å². The minimum atomic E-state index is -0.794. The van der Waals surface area contributed by atoms with E-state index in [1.54, 1.807) is 12.1 Å². The smallest absolute Gasteiger partial charge is 0.279 e. The molecule has 0 saturated heterocycles. The van der Waals surface area contributed by atoms with Gasteiger partial charge in [-0.1, -0.05) is 0 Å². The monoisotopic (exact) mass is 361 g/mol. The third kappa shape index (κ3) is 3.69. The first-order valence-electron chi connectivity index (χ1n) is 7.25. The first-order chi connectivity index (χ1) is 12.3. The molecular formula is C16H15N3O7. The van der Waals surface area contributed by atoms with Crippen LogP contribution in [0.3, 0.4) is 0 Å². The van der Waals surface area contributed by atoms with Gasteiger partial charge in [0.25, 0.3) is 17.3 Å². The molecule has 10 heteroatoms. The zero-order chi connectivity index (χ0) is 19.4. The van der Waals surface area contributed by atoms with Gasteiger partial charge in [-0.15, -0.1) is 0 Å². The molecule has 2 aromatic carbocycles. The number of methoxy groups -OCH3 is 2. The Labute approximate surface area is 147 Å². The van der Waals surface area contributed by atoms with Crippen molar-refractivity contribution < 1.29 is 24.1 Å². The molecule has 0 bridgehead atoms. The van der Waals surface area contributed by atoms with E-state index >= 15 is 0 Å². The van der Waals surface area contributed by atoms with E-state index in [0.29, 0.717) is 11.5 Å². The number of hydrogen-bond donors (Lipinski definition) is 1. The number of carbonyl (C=O) groups excluding carboxylic acids is 1. The number of rotatable bonds is 6. The maximum absolute atomic E-state index is 12.6. The molecule has 26 heavy (non-hydrogen) atoms. The fraction of sp³-hybridized carbons (Fsp3) is 0.188. The molecule has 10 nitrogen and oxygen atoms in total. The Morgan fingerprint density at radius 1 is 1.04 bits per heavy atom. The van der Waals surface area contributed by atoms with Crippen molar-refractivity contribution in [1.82, 2.24) is 0 Å². The average Bonchev–Trinajstić information content (AvgIpc) is 2.61. The second-order valence-electron chi connectivity index (χ2n) is 5.17. The first kappa shape index (κ1) is 18.6. The van der Waals surface area contributed by atoms with E-state index in [0.717, 1.165) is 12.1 Å². The summed E-state index contributed by atoms with van der Waals surface area (Å²) in [6, 6.07) is 6.46. The number of nitro benzene ring substituents is 2. The van der Waals surface area contributed by atoms with Gasteiger partial charge in [0.15, 0.2) is 0 Å². The molecule has 136 valence electrons. The van der Waals surface area contributed by atoms with E-state index in [2.05, 4.69) is 5.32 Å². The summed E-state index contributed by atoms with van der Waals surface area (Å²) in [6.45, 7) is 1.35. The standard InChI is InChI=1S/C16H15N3O7/c1-9-12(6-10(18(21)22)7-14(9)19(23)24)16(20)17-13-5-4-11(25-2)8-15(13)26-3/h4-8H,1-3H3,(H,17,20). The number of nitrogens with zero attached hydrogens (tertiary/aromatic N) is 2. The second-order valence-corrected chi connectivity index (χ2v) is 5.17. The van der Waals surface area contributed by atoms with E-state index in [1.807, 2.05) is 0 Å². The molecule has 0 aliphatic heterocycles. The van der Waals surface area contributed by atoms with Crippen molar-refractivity contribution in [2.75, 3.05) is 19.5 Å². The maximum atomic E-state index is 12.6. The summed E-state index contributed by atoms with van der Waals surface area (Å²) in [5.74, 6) is 0.0649. The van der Waals surface area contributed by atoms with Gasteiger partial charge in [0, 0.05) is 17.7 Å². The van der Waals surface area contributed by atoms with Crippen LogP contribution >= 0.6 is 0 Å². The lowest BCUT2D eigenvalue weighted by Crippen LogP contribution is -2.15. The van der Waals surface area contributed by atoms with E-state index in [4.69, 9.17) is 9.47 Å². The first-order valence-corrected chi connectivity index (χ1v) is 7.25. The van der Waals surface area contributed by atoms with Gasteiger partial charge in [-0.3, -0.25) is 25.0 Å². The Morgan fingerprint density at radius 3 is 2.27 bits per heavy atom. The lowest BCUT2D eigenvalue weighted by atomic mass is 10.0. The summed E-state index contributed by atoms with van der Waals surface area (Å²) >= 11 is 0. The molecule has 0 fully saturated rings. The van der Waals surface area contributed by atoms with Gasteiger partial charge in [-0.25, -0.2) is 0 Å². The molecule has 0 atom stereocenters. The largest absolute Gasteiger partial charge is 0.497 e. The van der Waals surface area contributed by atoms with Crippen molar-refractivity contribution in [3.05, 3.63) is 61.7 Å². The highest BCUT2D eigenvalue weighted by Crippen LogP contribution is 2.32. The van der Waals surface area contributed by atoms with Gasteiger partial charge < -0.3 is 14.8 Å². The van der Waals surface area contributed by atoms with Crippen LogP contribution in [0.2, 0.25) is 0 Å². The predicted octanol–water partition coefficient (Wildman–Crippen LogP) is 3.08. The quantitative estimate of drug-likeness (QED) is 0.617. The van der Waals surface area contributed by atoms with Gasteiger partial charge in [0.05, 0.1) is 41.4 Å². The summed E-state index contributed by atoms with van der Waals surface area (Å²) in [5.41, 5.74) is -0.929. The van der Waals surface area contributed by atoms with Crippen LogP contribution in [0.4, 0.5) is 17.1 Å². The third-order valence-electron chi connectivity index (χ3n) is 3.67. The number of amides is 1. The molecule has 1 N–H and O–H groups in total. The Morgan fingerprint density at radius 2 is 1.73 bits per heavy atom. The number of nitro groups is 2. The normalized spacial score (nSPS) is 10.1. The van der Waals surface area contributed by atoms with Crippen molar-refractivity contribution in [2.45, 2.75) is 6.92 Å². The highest BCUT2D eigenvalue weighted by molar-refractivity contribution is 6.07. The van der Waals surface area contributed by atoms with Crippen LogP contribution in [-0.2, 0) is 0 Å². The van der Waals surface area contributed by atoms with Crippen LogP contribution in [0.5, 0.6) is 11.5 Å². The number of anilines is 1. The number of non-ortho nitro benzene ring substituents is 1. The molecule has 0 radical (unpaired) electrons. The Hall–Kier alpha value is -3.69. The Balaban J connectivity index is 2.47. The summed E-state index contributed by atoms with van der Waals surface area (Å²) < 4.78 is 10.2. The number of carbonyl (C=O) groups is 1. The van der Waals surface area contributed by atoms with E-state index < -0.39 is 27.1 Å². The van der Waals surface area contributed by atoms with Gasteiger partial charge in [0.1, 0.15) is 11.5 Å². The zero-order valence-electron chi connectivity index (χ0n) is 14.1. The van der Waals surface area contributed by atoms with E-state index in [9.17, 15) is 25.0 Å². The van der Waals surface area contributed by atoms with Crippen molar-refractivity contribution in [1.29, 1.82) is 0 Å². The molecule has 0 aliphatic rings. The summed E-state index contributed by atoms with van der Waals surface area (Å²) in [5, 5.41) is 24.7. The molecule has 0 saturated carbocycles. The average molecular weight is 361 g/mol. The van der Waals surface area contributed by atoms with E-state index in [1.165, 1.54) is 27.2 Å². The molecule has 1 amide bonds. The molecule has 0 aliphatic carbocycles. The number of benzene rings is 2. The maximum Gasteiger partial charge on any atom is 0.279 e. The van der Waals surface area contributed by atoms with Gasteiger partial charge >= 0.3 is 0 Å². The summed E-state index contributed by atoms with van der Waals surface area (Å²) in [7, 11) is 2.87. The molecule has 0 heterocycles. The highest BCUT2D eigenvalue weighted by Gasteiger charge is 2.25. The van der Waals surface area contributed by atoms with Crippen LogP contribution in [0.25, 0.3) is 0 Å². The second kappa shape index (κ2) is 7.47. The van der Waals surface area contributed by atoms with Gasteiger partial charge in [-0.2, -0.15) is 0 Å². The van der Waals surface area contributed by atoms with Crippen molar-refractivity contribution >= 4 is 23.0 Å². The van der Waals surface area contributed by atoms with Crippen molar-refractivity contribution in [3.63, 3.8) is 0 Å². The van der Waals surface area contributed by atoms with Crippen LogP contribution in [0.15, 0.2) is 30.3 Å². The SMILES string of the molecule is COc1ccc(NC(=O)c2cc([N+](=O)[O-])cc([N+](=O)[O-])c2C)c(OC)c1. The minimum absolute atomic E-state index is 0.0191. The Kier molecular flexibility index (Phi) is 5.36. The predicted molar refractivity (Wildman–Crippen MR) is 92.0 cm³/mol. The topological polar surface area (TPSA) is 134 Å². The van der Waals surface area contributed by atoms with Crippen molar-refractivity contribution in [2.24, 2.45) is 0 Å². The fourth-order valence-corrected chi connectivity index (χ4v) is 2.31. The van der Waals surface area contributed by atoms with Crippen LogP contribution < -0.4 is 14.8 Å². The highest BCUT2D eigenvalue weighted by atomic mass is 16.6. The molecule has 2 aromatic rings. The number of nitrogens with one attached hydrogen (secondary N) is 1. The minimum Gasteiger partial charge on any atom is -0.497 e. The van der Waals surface area contributed by atoms with Crippen LogP contribution in [-0.4, -0.2) is 30.0 Å². The zero-order valence-corrected chi connectivity index (χ0v) is 14.1. The fourth-order valence-electron chi connectivity index (χ4n) is 2.31. The van der Waals surface area contributed by atoms with Crippen LogP contribution in [0, 0.1) is 27.2 Å². The molecule has 0 aromatic heterocycles. The van der Waals surface area contributed by atoms with Crippen LogP contribution in [0.1, 0.15) is 15.9 Å². The van der Waals surface area contributed by atoms with Crippen molar-refractivity contribution in [3.8, 4) is 11.5 Å². The summed E-state index contributed by atoms with van der Waals surface area (Å²) in [4.78, 5) is 33.1. The lowest BCUT2D eigenvalue weighted by molar-refractivity contribution is -0.394. The summed E-state index contributed by atoms with van der Waals surface area (Å²) in [6.07, 6.45) is 0. The lowest BCUT2D eigenvalue weighted by Gasteiger charge is -2.12. The molecule has 0 unspecified atom stereocenters. The van der Waals surface area contributed by atoms with Gasteiger partial charge in [0.2, 0.25) is 0 Å². The number of hydrogen-bond acceptors (Lipinski definition) is 7. The Bertz CT molecular complexity index is 896. The molecular weight excluding hydrogens is 346 g/mol. The number of ether oxygens (including phenoxy) is 2. The molecule has 0 spiro atoms. The van der Waals surface area contributed by atoms with Gasteiger partial charge in [-0.05, 0) is 19.1 Å².